The van der Waals surface area contributed by atoms with Crippen LogP contribution in [0.3, 0.4) is 0 Å². The zero-order valence-electron chi connectivity index (χ0n) is 18.7. The van der Waals surface area contributed by atoms with Crippen LogP contribution in [-0.4, -0.2) is 34.1 Å². The minimum Gasteiger partial charge on any atom is -0.341 e. The number of carbonyl (C=O) groups excluding carboxylic acids is 2. The fourth-order valence-electron chi connectivity index (χ4n) is 2.56. The van der Waals surface area contributed by atoms with Gasteiger partial charge in [-0.25, -0.2) is 4.98 Å². The number of aromatic nitrogens is 2. The number of benzene rings is 1. The van der Waals surface area contributed by atoms with Crippen molar-refractivity contribution in [2.45, 2.75) is 33.6 Å². The lowest BCUT2D eigenvalue weighted by atomic mass is 9.90. The van der Waals surface area contributed by atoms with E-state index in [1.165, 1.54) is 6.33 Å². The van der Waals surface area contributed by atoms with Crippen LogP contribution in [0.25, 0.3) is 0 Å². The molecule has 1 aromatic carbocycles. The summed E-state index contributed by atoms with van der Waals surface area (Å²) in [7, 11) is 0. The van der Waals surface area contributed by atoms with Gasteiger partial charge in [0.25, 0.3) is 0 Å². The Morgan fingerprint density at radius 3 is 2.38 bits per heavy atom. The molecule has 166 valence electrons. The highest BCUT2D eigenvalue weighted by molar-refractivity contribution is 6.26. The lowest BCUT2D eigenvalue weighted by Gasteiger charge is -2.11. The smallest absolute Gasteiger partial charge is 0.214 e. The lowest BCUT2D eigenvalue weighted by Crippen LogP contribution is -2.20. The number of halogens is 1. The zero-order valence-corrected chi connectivity index (χ0v) is 19.4. The second-order valence-corrected chi connectivity index (χ2v) is 6.70. The van der Waals surface area contributed by atoms with Crippen LogP contribution in [0.15, 0.2) is 71.7 Å². The van der Waals surface area contributed by atoms with Crippen molar-refractivity contribution in [3.8, 4) is 11.8 Å². The van der Waals surface area contributed by atoms with E-state index in [2.05, 4.69) is 45.7 Å². The van der Waals surface area contributed by atoms with Gasteiger partial charge in [-0.05, 0) is 40.0 Å². The summed E-state index contributed by atoms with van der Waals surface area (Å²) < 4.78 is 0. The van der Waals surface area contributed by atoms with Crippen molar-refractivity contribution in [3.05, 3.63) is 89.2 Å². The third kappa shape index (κ3) is 7.98. The van der Waals surface area contributed by atoms with Crippen molar-refractivity contribution >= 4 is 29.9 Å². The number of imidazole rings is 1. The third-order valence-electron chi connectivity index (χ3n) is 4.20. The number of aromatic amines is 1. The summed E-state index contributed by atoms with van der Waals surface area (Å²) in [5.74, 6) is 5.67. The van der Waals surface area contributed by atoms with Gasteiger partial charge in [-0.1, -0.05) is 48.6 Å². The maximum Gasteiger partial charge on any atom is 0.214 e. The fourth-order valence-corrected chi connectivity index (χ4v) is 2.68. The number of fused-ring (bicyclic) bond motifs is 2. The molecule has 1 aromatic heterocycles. The molecule has 0 spiro atoms. The number of alkyl halides is 1. The van der Waals surface area contributed by atoms with Crippen LogP contribution in [-0.2, 0) is 0 Å². The summed E-state index contributed by atoms with van der Waals surface area (Å²) in [6, 6.07) is 6.78. The van der Waals surface area contributed by atoms with Gasteiger partial charge >= 0.3 is 0 Å². The van der Waals surface area contributed by atoms with Crippen molar-refractivity contribution in [2.24, 2.45) is 4.99 Å². The van der Waals surface area contributed by atoms with Crippen molar-refractivity contribution in [3.63, 3.8) is 0 Å². The number of carbonyl (C=O) groups is 2. The quantitative estimate of drug-likeness (QED) is 0.166. The van der Waals surface area contributed by atoms with E-state index in [9.17, 15) is 9.59 Å². The minimum absolute atomic E-state index is 0.169. The molecule has 2 aromatic rings. The van der Waals surface area contributed by atoms with Gasteiger partial charge in [0.05, 0.1) is 6.33 Å². The van der Waals surface area contributed by atoms with Crippen LogP contribution >= 0.6 is 11.6 Å². The average molecular weight is 450 g/mol. The van der Waals surface area contributed by atoms with Crippen LogP contribution in [0.2, 0.25) is 0 Å². The molecule has 1 aliphatic rings. The molecule has 0 bridgehead atoms. The Balaban J connectivity index is 0.000000278. The second-order valence-electron chi connectivity index (χ2n) is 6.33. The van der Waals surface area contributed by atoms with Gasteiger partial charge in [0.1, 0.15) is 11.4 Å². The minimum atomic E-state index is -0.193. The maximum atomic E-state index is 11.9. The molecule has 3 rings (SSSR count). The largest absolute Gasteiger partial charge is 0.341 e. The van der Waals surface area contributed by atoms with Crippen LogP contribution in [0.5, 0.6) is 0 Å². The standard InChI is InChI=1S/C11H16ClN.C11H6N2O2.C4H6/c1-3-4-8-11(13-2)9-6-5-7-10-12;14-10-6-3-1-2-4-7(6)11(15)9-8(10)12-5-13-9;1-3-4-2/h3-6,8H,2,7,9-10H2,1H3;1-5H,(H,12,13);1-2H3/b4-3-,6-5-,11-8+;;. The lowest BCUT2D eigenvalue weighted by molar-refractivity contribution is 0.0974. The first-order valence-corrected chi connectivity index (χ1v) is 10.6. The Labute approximate surface area is 195 Å². The van der Waals surface area contributed by atoms with Crippen molar-refractivity contribution < 1.29 is 9.59 Å². The van der Waals surface area contributed by atoms with Crippen molar-refractivity contribution in [2.75, 3.05) is 5.88 Å². The fraction of sp³-hybridized carbons (Fsp3) is 0.231. The highest BCUT2D eigenvalue weighted by Crippen LogP contribution is 2.24. The zero-order chi connectivity index (χ0) is 23.8. The van der Waals surface area contributed by atoms with Gasteiger partial charge in [0.15, 0.2) is 0 Å². The van der Waals surface area contributed by atoms with Crippen LogP contribution in [0.4, 0.5) is 0 Å². The number of allylic oxidation sites excluding steroid dienone is 5. The predicted molar refractivity (Wildman–Crippen MR) is 133 cm³/mol. The van der Waals surface area contributed by atoms with Crippen molar-refractivity contribution in [1.82, 2.24) is 9.97 Å². The average Bonchev–Trinajstić information content (AvgIpc) is 3.33. The topological polar surface area (TPSA) is 75.2 Å². The van der Waals surface area contributed by atoms with Gasteiger partial charge in [0.2, 0.25) is 11.6 Å². The Morgan fingerprint density at radius 2 is 1.81 bits per heavy atom. The SMILES string of the molecule is C=N/C(=C/C=C\C)C/C=C\CCCl.CC#CC.O=C1c2ccccc2C(=O)c2[nH]cnc21. The van der Waals surface area contributed by atoms with E-state index in [0.29, 0.717) is 22.7 Å². The van der Waals surface area contributed by atoms with Crippen LogP contribution in [0, 0.1) is 11.8 Å². The van der Waals surface area contributed by atoms with Gasteiger partial charge in [-0.15, -0.1) is 23.4 Å². The number of hydrogen-bond acceptors (Lipinski definition) is 4. The van der Waals surface area contributed by atoms with E-state index in [1.54, 1.807) is 24.3 Å². The molecule has 0 radical (unpaired) electrons. The summed E-state index contributed by atoms with van der Waals surface area (Å²) in [5, 5.41) is 0. The normalized spacial score (nSPS) is 12.1. The molecule has 0 amide bonds. The maximum absolute atomic E-state index is 11.9. The second kappa shape index (κ2) is 15.3. The molecule has 1 heterocycles. The van der Waals surface area contributed by atoms with E-state index < -0.39 is 0 Å². The summed E-state index contributed by atoms with van der Waals surface area (Å²) in [5.41, 5.74) is 2.36. The molecule has 0 atom stereocenters. The highest BCUT2D eigenvalue weighted by atomic mass is 35.5. The number of nitrogens with zero attached hydrogens (tertiary/aromatic N) is 2. The van der Waals surface area contributed by atoms with E-state index in [-0.39, 0.29) is 17.3 Å². The Kier molecular flexibility index (Phi) is 12.7. The number of nitrogens with one attached hydrogen (secondary N) is 1. The number of hydrogen-bond donors (Lipinski definition) is 1. The van der Waals surface area contributed by atoms with Crippen LogP contribution < -0.4 is 0 Å². The summed E-state index contributed by atoms with van der Waals surface area (Å²) in [6.45, 7) is 9.11. The first-order chi connectivity index (χ1) is 15.5. The third-order valence-corrected chi connectivity index (χ3v) is 4.42. The molecule has 5 nitrogen and oxygen atoms in total. The Morgan fingerprint density at radius 1 is 1.16 bits per heavy atom. The molecule has 0 fully saturated rings. The van der Waals surface area contributed by atoms with Gasteiger partial charge < -0.3 is 4.98 Å². The molecular weight excluding hydrogens is 422 g/mol. The molecule has 0 aliphatic heterocycles. The van der Waals surface area contributed by atoms with E-state index in [4.69, 9.17) is 11.6 Å². The number of rotatable bonds is 6. The van der Waals surface area contributed by atoms with Gasteiger partial charge in [-0.2, -0.15) is 0 Å². The number of ketones is 2. The predicted octanol–water partition coefficient (Wildman–Crippen LogP) is 5.94. The Bertz CT molecular complexity index is 1010. The van der Waals surface area contributed by atoms with E-state index >= 15 is 0 Å². The summed E-state index contributed by atoms with van der Waals surface area (Å²) in [4.78, 5) is 34.2. The monoisotopic (exact) mass is 449 g/mol. The molecule has 0 unspecified atom stereocenters. The van der Waals surface area contributed by atoms with Crippen molar-refractivity contribution in [1.29, 1.82) is 0 Å². The van der Waals surface area contributed by atoms with E-state index in [1.807, 2.05) is 39.0 Å². The molecule has 6 heteroatoms. The summed E-state index contributed by atoms with van der Waals surface area (Å²) >= 11 is 5.52. The molecular formula is C26H28ClN3O2. The van der Waals surface area contributed by atoms with Gasteiger partial charge in [-0.3, -0.25) is 14.6 Å². The molecule has 1 aliphatic carbocycles. The molecule has 0 saturated heterocycles. The number of H-pyrrole nitrogens is 1. The molecule has 0 saturated carbocycles. The summed E-state index contributed by atoms with van der Waals surface area (Å²) in [6.07, 6.45) is 13.1. The van der Waals surface area contributed by atoms with Crippen LogP contribution in [0.1, 0.15) is 65.7 Å². The molecule has 1 N–H and O–H groups in total. The highest BCUT2D eigenvalue weighted by Gasteiger charge is 2.31. The first kappa shape index (κ1) is 26.5. The molecule has 32 heavy (non-hydrogen) atoms. The van der Waals surface area contributed by atoms with E-state index in [0.717, 1.165) is 18.5 Å². The Hall–Kier alpha value is -3.49. The first-order valence-electron chi connectivity index (χ1n) is 10.1. The van der Waals surface area contributed by atoms with Gasteiger partial charge in [0, 0.05) is 29.1 Å². The number of aliphatic imine (C=N–C) groups is 1.